The topological polar surface area (TPSA) is 67.8 Å². The van der Waals surface area contributed by atoms with Crippen LogP contribution in [0.15, 0.2) is 35.9 Å². The van der Waals surface area contributed by atoms with E-state index in [9.17, 15) is 9.90 Å². The number of thiophene rings is 1. The molecule has 0 radical (unpaired) electrons. The molecule has 0 unspecified atom stereocenters. The quantitative estimate of drug-likeness (QED) is 0.595. The first-order valence-electron chi connectivity index (χ1n) is 7.48. The number of nitrogens with one attached hydrogen (secondary N) is 1. The largest absolute Gasteiger partial charge is 0.515 e. The van der Waals surface area contributed by atoms with Crippen LogP contribution in [-0.4, -0.2) is 31.8 Å². The molecule has 24 heavy (non-hydrogen) atoms. The first kappa shape index (κ1) is 17.9. The number of aliphatic hydroxyl groups excluding tert-OH is 1. The molecule has 0 aliphatic heterocycles. The van der Waals surface area contributed by atoms with Crippen molar-refractivity contribution in [2.45, 2.75) is 13.3 Å². The number of benzene rings is 1. The number of aryl methyl sites for hydroxylation is 1. The normalized spacial score (nSPS) is 11.2. The molecule has 0 bridgehead atoms. The van der Waals surface area contributed by atoms with E-state index in [4.69, 9.17) is 9.47 Å². The zero-order valence-electron chi connectivity index (χ0n) is 14.0. The molecule has 0 fully saturated rings. The number of ether oxygens (including phenoxy) is 2. The molecular formula is C18H21NO4S. The van der Waals surface area contributed by atoms with Crippen molar-refractivity contribution in [3.05, 3.63) is 51.9 Å². The zero-order chi connectivity index (χ0) is 17.5. The lowest BCUT2D eigenvalue weighted by Gasteiger charge is -2.10. The molecule has 5 nitrogen and oxygen atoms in total. The van der Waals surface area contributed by atoms with Crippen LogP contribution >= 0.6 is 11.3 Å². The Balaban J connectivity index is 1.95. The second-order valence-corrected chi connectivity index (χ2v) is 6.14. The number of hydrogen-bond donors (Lipinski definition) is 2. The Morgan fingerprint density at radius 1 is 1.25 bits per heavy atom. The van der Waals surface area contributed by atoms with Gasteiger partial charge < -0.3 is 19.9 Å². The molecule has 0 aliphatic carbocycles. The summed E-state index contributed by atoms with van der Waals surface area (Å²) in [5.74, 6) is 1.04. The highest BCUT2D eigenvalue weighted by Gasteiger charge is 2.14. The second kappa shape index (κ2) is 8.40. The van der Waals surface area contributed by atoms with E-state index >= 15 is 0 Å². The monoisotopic (exact) mass is 347 g/mol. The van der Waals surface area contributed by atoms with Crippen molar-refractivity contribution in [1.29, 1.82) is 0 Å². The maximum atomic E-state index is 12.2. The third-order valence-corrected chi connectivity index (χ3v) is 4.60. The fraction of sp³-hybridized carbons (Fsp3) is 0.278. The molecule has 128 valence electrons. The van der Waals surface area contributed by atoms with E-state index in [2.05, 4.69) is 5.32 Å². The van der Waals surface area contributed by atoms with Gasteiger partial charge in [0.1, 0.15) is 0 Å². The molecule has 1 heterocycles. The fourth-order valence-electron chi connectivity index (χ4n) is 2.26. The molecule has 2 rings (SSSR count). The standard InChI is InChI=1S/C18H21NO4S/c1-12-8-17(24-11-12)14(10-20)18(21)19-7-6-13-4-5-15(22-2)16(9-13)23-3/h4-5,8-11,20H,6-7H2,1-3H3,(H,19,21). The highest BCUT2D eigenvalue weighted by molar-refractivity contribution is 7.11. The van der Waals surface area contributed by atoms with E-state index in [1.807, 2.05) is 36.6 Å². The smallest absolute Gasteiger partial charge is 0.255 e. The predicted molar refractivity (Wildman–Crippen MR) is 95.9 cm³/mol. The minimum absolute atomic E-state index is 0.278. The highest BCUT2D eigenvalue weighted by atomic mass is 32.1. The van der Waals surface area contributed by atoms with Crippen molar-refractivity contribution < 1.29 is 19.4 Å². The van der Waals surface area contributed by atoms with Crippen molar-refractivity contribution in [2.75, 3.05) is 20.8 Å². The van der Waals surface area contributed by atoms with Gasteiger partial charge in [-0.25, -0.2) is 0 Å². The van der Waals surface area contributed by atoms with Crippen LogP contribution in [0.4, 0.5) is 0 Å². The predicted octanol–water partition coefficient (Wildman–Crippen LogP) is 3.33. The first-order valence-corrected chi connectivity index (χ1v) is 8.36. The van der Waals surface area contributed by atoms with Crippen molar-refractivity contribution >= 4 is 22.8 Å². The summed E-state index contributed by atoms with van der Waals surface area (Å²) in [7, 11) is 3.18. The SMILES string of the molecule is COc1ccc(CCNC(=O)C(=CO)c2cc(C)cs2)cc1OC. The maximum absolute atomic E-state index is 12.2. The number of aliphatic hydroxyl groups is 1. The molecule has 0 atom stereocenters. The average Bonchev–Trinajstić information content (AvgIpc) is 3.01. The Morgan fingerprint density at radius 2 is 2.00 bits per heavy atom. The van der Waals surface area contributed by atoms with Gasteiger partial charge in [0.25, 0.3) is 5.91 Å². The Bertz CT molecular complexity index is 736. The molecule has 0 aliphatic rings. The molecule has 1 aromatic heterocycles. The van der Waals surface area contributed by atoms with Gasteiger partial charge in [-0.05, 0) is 48.1 Å². The number of carbonyl (C=O) groups excluding carboxylic acids is 1. The van der Waals surface area contributed by atoms with Crippen molar-refractivity contribution in [3.8, 4) is 11.5 Å². The summed E-state index contributed by atoms with van der Waals surface area (Å²) in [5.41, 5.74) is 2.36. The summed E-state index contributed by atoms with van der Waals surface area (Å²) in [6.07, 6.45) is 1.51. The van der Waals surface area contributed by atoms with Crippen molar-refractivity contribution in [1.82, 2.24) is 5.32 Å². The number of amides is 1. The van der Waals surface area contributed by atoms with Crippen LogP contribution in [0.2, 0.25) is 0 Å². The lowest BCUT2D eigenvalue weighted by Crippen LogP contribution is -2.26. The lowest BCUT2D eigenvalue weighted by molar-refractivity contribution is -0.115. The maximum Gasteiger partial charge on any atom is 0.255 e. The van der Waals surface area contributed by atoms with Gasteiger partial charge in [-0.15, -0.1) is 11.3 Å². The van der Waals surface area contributed by atoms with Crippen molar-refractivity contribution in [2.24, 2.45) is 0 Å². The Morgan fingerprint density at radius 3 is 2.58 bits per heavy atom. The number of rotatable bonds is 7. The van der Waals surface area contributed by atoms with Gasteiger partial charge in [0, 0.05) is 11.4 Å². The van der Waals surface area contributed by atoms with Gasteiger partial charge in [-0.1, -0.05) is 6.07 Å². The summed E-state index contributed by atoms with van der Waals surface area (Å²) >= 11 is 1.43. The van der Waals surface area contributed by atoms with Crippen LogP contribution in [0.1, 0.15) is 16.0 Å². The summed E-state index contributed by atoms with van der Waals surface area (Å²) < 4.78 is 10.5. The third-order valence-electron chi connectivity index (χ3n) is 3.52. The minimum atomic E-state index is -0.292. The van der Waals surface area contributed by atoms with E-state index in [0.29, 0.717) is 24.5 Å². The third kappa shape index (κ3) is 4.29. The van der Waals surface area contributed by atoms with E-state index < -0.39 is 0 Å². The molecule has 2 N–H and O–H groups in total. The summed E-state index contributed by atoms with van der Waals surface area (Å²) in [6.45, 7) is 2.40. The van der Waals surface area contributed by atoms with Crippen LogP contribution in [-0.2, 0) is 11.2 Å². The minimum Gasteiger partial charge on any atom is -0.515 e. The second-order valence-electron chi connectivity index (χ2n) is 5.23. The first-order chi connectivity index (χ1) is 11.6. The molecular weight excluding hydrogens is 326 g/mol. The molecule has 0 spiro atoms. The molecule has 1 amide bonds. The van der Waals surface area contributed by atoms with E-state index in [-0.39, 0.29) is 11.5 Å². The highest BCUT2D eigenvalue weighted by Crippen LogP contribution is 2.27. The summed E-state index contributed by atoms with van der Waals surface area (Å²) in [4.78, 5) is 13.0. The van der Waals surface area contributed by atoms with E-state index in [1.165, 1.54) is 11.3 Å². The molecule has 6 heteroatoms. The Labute approximate surface area is 145 Å². The van der Waals surface area contributed by atoms with Crippen LogP contribution in [0.5, 0.6) is 11.5 Å². The van der Waals surface area contributed by atoms with Crippen LogP contribution in [0.3, 0.4) is 0 Å². The Kier molecular flexibility index (Phi) is 6.26. The summed E-state index contributed by atoms with van der Waals surface area (Å²) in [5, 5.41) is 14.1. The fourth-order valence-corrected chi connectivity index (χ4v) is 3.17. The lowest BCUT2D eigenvalue weighted by atomic mass is 10.1. The Hall–Kier alpha value is -2.47. The van der Waals surface area contributed by atoms with Gasteiger partial charge >= 0.3 is 0 Å². The van der Waals surface area contributed by atoms with E-state index in [1.54, 1.807) is 14.2 Å². The number of methoxy groups -OCH3 is 2. The van der Waals surface area contributed by atoms with E-state index in [0.717, 1.165) is 22.3 Å². The molecule has 1 aromatic carbocycles. The van der Waals surface area contributed by atoms with Gasteiger partial charge in [0.05, 0.1) is 26.1 Å². The number of hydrogen-bond acceptors (Lipinski definition) is 5. The molecule has 0 saturated carbocycles. The summed E-state index contributed by atoms with van der Waals surface area (Å²) in [6, 6.07) is 7.53. The van der Waals surface area contributed by atoms with Gasteiger partial charge in [0.15, 0.2) is 11.5 Å². The van der Waals surface area contributed by atoms with Gasteiger partial charge in [-0.3, -0.25) is 4.79 Å². The van der Waals surface area contributed by atoms with Crippen LogP contribution < -0.4 is 14.8 Å². The molecule has 2 aromatic rings. The average molecular weight is 347 g/mol. The van der Waals surface area contributed by atoms with Gasteiger partial charge in [-0.2, -0.15) is 0 Å². The van der Waals surface area contributed by atoms with Crippen molar-refractivity contribution in [3.63, 3.8) is 0 Å². The van der Waals surface area contributed by atoms with Gasteiger partial charge in [0.2, 0.25) is 0 Å². The molecule has 0 saturated heterocycles. The van der Waals surface area contributed by atoms with Crippen LogP contribution in [0, 0.1) is 6.92 Å². The number of carbonyl (C=O) groups is 1. The zero-order valence-corrected chi connectivity index (χ0v) is 14.8. The van der Waals surface area contributed by atoms with Crippen LogP contribution in [0.25, 0.3) is 5.57 Å².